The molecule has 4 nitrogen and oxygen atoms in total. The third-order valence-electron chi connectivity index (χ3n) is 4.13. The predicted octanol–water partition coefficient (Wildman–Crippen LogP) is 3.39. The maximum atomic E-state index is 12.0. The molecule has 0 bridgehead atoms. The third-order valence-corrected chi connectivity index (χ3v) is 4.13. The molecule has 0 unspecified atom stereocenters. The number of amides is 2. The van der Waals surface area contributed by atoms with E-state index in [4.69, 9.17) is 4.74 Å². The number of urea groups is 1. The zero-order valence-electron chi connectivity index (χ0n) is 13.1. The second kappa shape index (κ2) is 7.91. The lowest BCUT2D eigenvalue weighted by atomic mass is 9.96. The molecule has 0 aliphatic heterocycles. The van der Waals surface area contributed by atoms with E-state index in [0.29, 0.717) is 12.6 Å². The van der Waals surface area contributed by atoms with Crippen molar-refractivity contribution in [1.29, 1.82) is 0 Å². The Hall–Kier alpha value is -1.71. The fourth-order valence-corrected chi connectivity index (χ4v) is 2.85. The van der Waals surface area contributed by atoms with Gasteiger partial charge >= 0.3 is 6.03 Å². The van der Waals surface area contributed by atoms with E-state index in [9.17, 15) is 4.79 Å². The molecule has 2 N–H and O–H groups in total. The van der Waals surface area contributed by atoms with E-state index >= 15 is 0 Å². The van der Waals surface area contributed by atoms with Crippen LogP contribution in [0.3, 0.4) is 0 Å². The van der Waals surface area contributed by atoms with E-state index in [0.717, 1.165) is 30.6 Å². The standard InChI is InChI=1S/C17H26N2O2/c1-3-13-9-10-16(21-2)14(11-13)12-18-17(20)19-15-7-5-4-6-8-15/h9-11,15H,3-8,12H2,1-2H3,(H2,18,19,20). The summed E-state index contributed by atoms with van der Waals surface area (Å²) in [5, 5.41) is 6.01. The van der Waals surface area contributed by atoms with Gasteiger partial charge in [-0.25, -0.2) is 4.79 Å². The Kier molecular flexibility index (Phi) is 5.90. The minimum Gasteiger partial charge on any atom is -0.496 e. The largest absolute Gasteiger partial charge is 0.496 e. The Balaban J connectivity index is 1.87. The molecule has 0 atom stereocenters. The van der Waals surface area contributed by atoms with Crippen molar-refractivity contribution in [2.75, 3.05) is 7.11 Å². The Morgan fingerprint density at radius 3 is 2.71 bits per heavy atom. The number of carbonyl (C=O) groups is 1. The fourth-order valence-electron chi connectivity index (χ4n) is 2.85. The number of hydrogen-bond donors (Lipinski definition) is 2. The normalized spacial score (nSPS) is 15.5. The molecular weight excluding hydrogens is 264 g/mol. The van der Waals surface area contributed by atoms with Gasteiger partial charge in [0.2, 0.25) is 0 Å². The minimum absolute atomic E-state index is 0.0779. The highest BCUT2D eigenvalue weighted by atomic mass is 16.5. The van der Waals surface area contributed by atoms with E-state index in [1.54, 1.807) is 7.11 Å². The zero-order chi connectivity index (χ0) is 15.1. The van der Waals surface area contributed by atoms with Gasteiger partial charge in [0, 0.05) is 18.2 Å². The minimum atomic E-state index is -0.0779. The summed E-state index contributed by atoms with van der Waals surface area (Å²) in [6.45, 7) is 2.62. The monoisotopic (exact) mass is 290 g/mol. The average molecular weight is 290 g/mol. The molecule has 0 spiro atoms. The molecule has 21 heavy (non-hydrogen) atoms. The zero-order valence-corrected chi connectivity index (χ0v) is 13.1. The van der Waals surface area contributed by atoms with Crippen molar-refractivity contribution in [2.45, 2.75) is 58.0 Å². The Morgan fingerprint density at radius 1 is 1.29 bits per heavy atom. The highest BCUT2D eigenvalue weighted by Gasteiger charge is 2.15. The molecular formula is C17H26N2O2. The second-order valence-corrected chi connectivity index (χ2v) is 5.66. The van der Waals surface area contributed by atoms with E-state index in [-0.39, 0.29) is 6.03 Å². The summed E-state index contributed by atoms with van der Waals surface area (Å²) in [6.07, 6.45) is 6.91. The lowest BCUT2D eigenvalue weighted by Gasteiger charge is -2.23. The molecule has 0 heterocycles. The molecule has 1 saturated carbocycles. The molecule has 0 radical (unpaired) electrons. The number of benzene rings is 1. The number of hydrogen-bond acceptors (Lipinski definition) is 2. The second-order valence-electron chi connectivity index (χ2n) is 5.66. The molecule has 116 valence electrons. The van der Waals surface area contributed by atoms with Gasteiger partial charge in [0.1, 0.15) is 5.75 Å². The van der Waals surface area contributed by atoms with Crippen LogP contribution in [0.25, 0.3) is 0 Å². The van der Waals surface area contributed by atoms with Crippen molar-refractivity contribution >= 4 is 6.03 Å². The van der Waals surface area contributed by atoms with Gasteiger partial charge in [-0.05, 0) is 30.9 Å². The van der Waals surface area contributed by atoms with E-state index < -0.39 is 0 Å². The molecule has 1 aliphatic carbocycles. The summed E-state index contributed by atoms with van der Waals surface area (Å²) in [5.74, 6) is 0.824. The quantitative estimate of drug-likeness (QED) is 0.873. The van der Waals surface area contributed by atoms with Crippen LogP contribution in [-0.2, 0) is 13.0 Å². The van der Waals surface area contributed by atoms with Crippen LogP contribution in [0.4, 0.5) is 4.79 Å². The van der Waals surface area contributed by atoms with E-state index in [1.165, 1.54) is 24.8 Å². The van der Waals surface area contributed by atoms with Crippen molar-refractivity contribution in [1.82, 2.24) is 10.6 Å². The van der Waals surface area contributed by atoms with Gasteiger partial charge in [0.25, 0.3) is 0 Å². The van der Waals surface area contributed by atoms with Gasteiger partial charge in [0.15, 0.2) is 0 Å². The van der Waals surface area contributed by atoms with Gasteiger partial charge < -0.3 is 15.4 Å². The van der Waals surface area contributed by atoms with Crippen molar-refractivity contribution in [2.24, 2.45) is 0 Å². The fraction of sp³-hybridized carbons (Fsp3) is 0.588. The number of nitrogens with one attached hydrogen (secondary N) is 2. The predicted molar refractivity (Wildman–Crippen MR) is 84.6 cm³/mol. The molecule has 0 saturated heterocycles. The van der Waals surface area contributed by atoms with Crippen molar-refractivity contribution in [3.8, 4) is 5.75 Å². The Bertz CT molecular complexity index is 468. The summed E-state index contributed by atoms with van der Waals surface area (Å²) in [5.41, 5.74) is 2.27. The van der Waals surface area contributed by atoms with Gasteiger partial charge in [0.05, 0.1) is 7.11 Å². The van der Waals surface area contributed by atoms with Crippen LogP contribution >= 0.6 is 0 Å². The molecule has 2 rings (SSSR count). The van der Waals surface area contributed by atoms with Crippen LogP contribution in [0.5, 0.6) is 5.75 Å². The van der Waals surface area contributed by atoms with Gasteiger partial charge in [-0.1, -0.05) is 38.3 Å². The maximum absolute atomic E-state index is 12.0. The Labute approximate surface area is 127 Å². The maximum Gasteiger partial charge on any atom is 0.315 e. The first-order valence-electron chi connectivity index (χ1n) is 7.93. The number of rotatable bonds is 5. The topological polar surface area (TPSA) is 50.4 Å². The average Bonchev–Trinajstić information content (AvgIpc) is 2.53. The lowest BCUT2D eigenvalue weighted by Crippen LogP contribution is -2.42. The van der Waals surface area contributed by atoms with Gasteiger partial charge in [-0.3, -0.25) is 0 Å². The summed E-state index contributed by atoms with van der Waals surface area (Å²) >= 11 is 0. The molecule has 1 aromatic rings. The van der Waals surface area contributed by atoms with E-state index in [2.05, 4.69) is 29.7 Å². The summed E-state index contributed by atoms with van der Waals surface area (Å²) in [4.78, 5) is 12.0. The smallest absolute Gasteiger partial charge is 0.315 e. The first-order valence-corrected chi connectivity index (χ1v) is 7.93. The highest BCUT2D eigenvalue weighted by Crippen LogP contribution is 2.20. The first kappa shape index (κ1) is 15.7. The number of aryl methyl sites for hydroxylation is 1. The molecule has 1 aromatic carbocycles. The molecule has 1 aliphatic rings. The SMILES string of the molecule is CCc1ccc(OC)c(CNC(=O)NC2CCCCC2)c1. The first-order chi connectivity index (χ1) is 10.2. The summed E-state index contributed by atoms with van der Waals surface area (Å²) in [6, 6.07) is 6.38. The van der Waals surface area contributed by atoms with E-state index in [1.807, 2.05) is 6.07 Å². The lowest BCUT2D eigenvalue weighted by molar-refractivity contribution is 0.232. The highest BCUT2D eigenvalue weighted by molar-refractivity contribution is 5.74. The van der Waals surface area contributed by atoms with Gasteiger partial charge in [-0.15, -0.1) is 0 Å². The molecule has 4 heteroatoms. The third kappa shape index (κ3) is 4.66. The number of methoxy groups -OCH3 is 1. The van der Waals surface area contributed by atoms with Crippen LogP contribution in [0.1, 0.15) is 50.2 Å². The van der Waals surface area contributed by atoms with Crippen LogP contribution in [0.2, 0.25) is 0 Å². The van der Waals surface area contributed by atoms with Crippen LogP contribution in [-0.4, -0.2) is 19.2 Å². The van der Waals surface area contributed by atoms with Crippen molar-refractivity contribution in [3.05, 3.63) is 29.3 Å². The van der Waals surface area contributed by atoms with Crippen LogP contribution in [0.15, 0.2) is 18.2 Å². The number of carbonyl (C=O) groups excluding carboxylic acids is 1. The molecule has 1 fully saturated rings. The van der Waals surface area contributed by atoms with Crippen molar-refractivity contribution < 1.29 is 9.53 Å². The Morgan fingerprint density at radius 2 is 2.05 bits per heavy atom. The summed E-state index contributed by atoms with van der Waals surface area (Å²) < 4.78 is 5.36. The van der Waals surface area contributed by atoms with Gasteiger partial charge in [-0.2, -0.15) is 0 Å². The molecule has 2 amide bonds. The van der Waals surface area contributed by atoms with Crippen molar-refractivity contribution in [3.63, 3.8) is 0 Å². The van der Waals surface area contributed by atoms with Crippen LogP contribution < -0.4 is 15.4 Å². The summed E-state index contributed by atoms with van der Waals surface area (Å²) in [7, 11) is 1.66. The molecule has 0 aromatic heterocycles. The number of ether oxygens (including phenoxy) is 1. The van der Waals surface area contributed by atoms with Crippen LogP contribution in [0, 0.1) is 0 Å².